The second kappa shape index (κ2) is 13.6. The molecule has 1 aliphatic heterocycles. The van der Waals surface area contributed by atoms with Crippen molar-refractivity contribution < 1.29 is 8.83 Å². The molecule has 0 spiro atoms. The molecular formula is C57H35N3O2. The minimum Gasteiger partial charge on any atom is -0.456 e. The van der Waals surface area contributed by atoms with Gasteiger partial charge in [-0.15, -0.1) is 0 Å². The van der Waals surface area contributed by atoms with Crippen molar-refractivity contribution in [2.45, 2.75) is 6.17 Å². The molecule has 1 aliphatic rings. The van der Waals surface area contributed by atoms with Gasteiger partial charge in [-0.3, -0.25) is 0 Å². The highest BCUT2D eigenvalue weighted by Crippen LogP contribution is 2.45. The lowest BCUT2D eigenvalue weighted by molar-refractivity contribution is 0.668. The molecule has 0 saturated heterocycles. The second-order valence-corrected chi connectivity index (χ2v) is 16.1. The Hall–Kier alpha value is -8.28. The van der Waals surface area contributed by atoms with E-state index < -0.39 is 6.17 Å². The fourth-order valence-corrected chi connectivity index (χ4v) is 9.66. The Morgan fingerprint density at radius 3 is 1.76 bits per heavy atom. The summed E-state index contributed by atoms with van der Waals surface area (Å²) in [6, 6.07) is 70.5. The molecule has 62 heavy (non-hydrogen) atoms. The van der Waals surface area contributed by atoms with Crippen molar-refractivity contribution in [3.8, 4) is 22.3 Å². The molecule has 1 unspecified atom stereocenters. The van der Waals surface area contributed by atoms with E-state index in [1.807, 2.05) is 30.3 Å². The minimum absolute atomic E-state index is 0.545. The summed E-state index contributed by atoms with van der Waals surface area (Å²) >= 11 is 0. The van der Waals surface area contributed by atoms with Crippen molar-refractivity contribution in [1.29, 1.82) is 0 Å². The molecule has 1 N–H and O–H groups in total. The topological polar surface area (TPSA) is 63.0 Å². The van der Waals surface area contributed by atoms with Crippen molar-refractivity contribution in [2.24, 2.45) is 9.98 Å². The first-order valence-electron chi connectivity index (χ1n) is 21.0. The molecule has 5 heteroatoms. The Morgan fingerprint density at radius 1 is 0.339 bits per heavy atom. The Labute approximate surface area is 355 Å². The molecule has 0 radical (unpaired) electrons. The summed E-state index contributed by atoms with van der Waals surface area (Å²) in [6.07, 6.45) is -0.545. The van der Waals surface area contributed by atoms with E-state index in [0.717, 1.165) is 105 Å². The SMILES string of the molecule is c1ccc2cc(C3=NC(c4ccc(-c5cc(-c6cccc7ccccc67)cc6oc7ccccc7c56)c5ccccc45)N=C(c4cccc5oc6ccccc6c45)N3)ccc2c1. The molecule has 1 atom stereocenters. The first kappa shape index (κ1) is 34.6. The quantitative estimate of drug-likeness (QED) is 0.189. The van der Waals surface area contributed by atoms with Crippen LogP contribution in [0.1, 0.15) is 22.9 Å². The predicted molar refractivity (Wildman–Crippen MR) is 256 cm³/mol. The van der Waals surface area contributed by atoms with E-state index in [1.54, 1.807) is 0 Å². The van der Waals surface area contributed by atoms with Gasteiger partial charge in [-0.05, 0) is 91.0 Å². The largest absolute Gasteiger partial charge is 0.456 e. The summed E-state index contributed by atoms with van der Waals surface area (Å²) in [4.78, 5) is 10.9. The smallest absolute Gasteiger partial charge is 0.170 e. The van der Waals surface area contributed by atoms with Gasteiger partial charge in [0.2, 0.25) is 0 Å². The Bertz CT molecular complexity index is 3860. The van der Waals surface area contributed by atoms with Crippen LogP contribution < -0.4 is 5.32 Å². The highest BCUT2D eigenvalue weighted by atomic mass is 16.3. The molecule has 10 aromatic carbocycles. The van der Waals surface area contributed by atoms with Crippen molar-refractivity contribution in [2.75, 3.05) is 0 Å². The molecule has 12 aromatic rings. The van der Waals surface area contributed by atoms with Crippen LogP contribution in [0.5, 0.6) is 0 Å². The molecule has 5 nitrogen and oxygen atoms in total. The summed E-state index contributed by atoms with van der Waals surface area (Å²) in [5.41, 5.74) is 10.9. The maximum atomic E-state index is 6.66. The van der Waals surface area contributed by atoms with Crippen LogP contribution in [0.25, 0.3) is 98.4 Å². The van der Waals surface area contributed by atoms with Gasteiger partial charge in [0.15, 0.2) is 6.17 Å². The summed E-state index contributed by atoms with van der Waals surface area (Å²) in [5.74, 6) is 1.51. The third-order valence-electron chi connectivity index (χ3n) is 12.5. The van der Waals surface area contributed by atoms with Gasteiger partial charge in [0.05, 0.1) is 0 Å². The molecular weight excluding hydrogens is 759 g/mol. The zero-order chi connectivity index (χ0) is 40.7. The first-order valence-corrected chi connectivity index (χ1v) is 21.0. The van der Waals surface area contributed by atoms with Crippen molar-refractivity contribution in [1.82, 2.24) is 5.32 Å². The summed E-state index contributed by atoms with van der Waals surface area (Å²) in [6.45, 7) is 0. The normalized spacial score (nSPS) is 14.3. The van der Waals surface area contributed by atoms with Crippen LogP contribution in [-0.4, -0.2) is 11.7 Å². The zero-order valence-electron chi connectivity index (χ0n) is 33.3. The number of fused-ring (bicyclic) bond motifs is 9. The lowest BCUT2D eigenvalue weighted by Crippen LogP contribution is -2.36. The van der Waals surface area contributed by atoms with Crippen LogP contribution in [-0.2, 0) is 0 Å². The van der Waals surface area contributed by atoms with Gasteiger partial charge in [-0.25, -0.2) is 9.98 Å². The molecule has 3 heterocycles. The predicted octanol–water partition coefficient (Wildman–Crippen LogP) is 14.8. The fraction of sp³-hybridized carbons (Fsp3) is 0.0175. The van der Waals surface area contributed by atoms with E-state index in [1.165, 1.54) is 21.7 Å². The Balaban J connectivity index is 1.04. The number of furan rings is 2. The van der Waals surface area contributed by atoms with Crippen LogP contribution in [0.15, 0.2) is 219 Å². The summed E-state index contributed by atoms with van der Waals surface area (Å²) < 4.78 is 13.0. The number of nitrogens with one attached hydrogen (secondary N) is 1. The lowest BCUT2D eigenvalue weighted by atomic mass is 9.89. The number of para-hydroxylation sites is 2. The van der Waals surface area contributed by atoms with Gasteiger partial charge >= 0.3 is 0 Å². The third-order valence-corrected chi connectivity index (χ3v) is 12.5. The first-order chi connectivity index (χ1) is 30.7. The van der Waals surface area contributed by atoms with Crippen LogP contribution >= 0.6 is 0 Å². The van der Waals surface area contributed by atoms with Gasteiger partial charge < -0.3 is 14.2 Å². The van der Waals surface area contributed by atoms with Crippen LogP contribution in [0.3, 0.4) is 0 Å². The molecule has 2 aromatic heterocycles. The summed E-state index contributed by atoms with van der Waals surface area (Å²) in [5, 5.41) is 14.9. The van der Waals surface area contributed by atoms with Crippen LogP contribution in [0, 0.1) is 0 Å². The number of hydrogen-bond donors (Lipinski definition) is 1. The van der Waals surface area contributed by atoms with E-state index in [0.29, 0.717) is 0 Å². The van der Waals surface area contributed by atoms with Crippen molar-refractivity contribution in [3.63, 3.8) is 0 Å². The van der Waals surface area contributed by atoms with Gasteiger partial charge in [0.1, 0.15) is 34.0 Å². The fourth-order valence-electron chi connectivity index (χ4n) is 9.66. The van der Waals surface area contributed by atoms with E-state index in [4.69, 9.17) is 18.8 Å². The maximum absolute atomic E-state index is 6.66. The third kappa shape index (κ3) is 5.42. The van der Waals surface area contributed by atoms with E-state index >= 15 is 0 Å². The van der Waals surface area contributed by atoms with Crippen LogP contribution in [0.4, 0.5) is 0 Å². The number of amidine groups is 2. The maximum Gasteiger partial charge on any atom is 0.170 e. The minimum atomic E-state index is -0.545. The number of hydrogen-bond acceptors (Lipinski definition) is 5. The highest BCUT2D eigenvalue weighted by Gasteiger charge is 2.26. The second-order valence-electron chi connectivity index (χ2n) is 16.1. The zero-order valence-corrected chi connectivity index (χ0v) is 33.3. The van der Waals surface area contributed by atoms with Gasteiger partial charge in [-0.2, -0.15) is 0 Å². The molecule has 13 rings (SSSR count). The molecule has 0 saturated carbocycles. The summed E-state index contributed by atoms with van der Waals surface area (Å²) in [7, 11) is 0. The van der Waals surface area contributed by atoms with E-state index in [-0.39, 0.29) is 0 Å². The molecule has 0 aliphatic carbocycles. The van der Waals surface area contributed by atoms with E-state index in [9.17, 15) is 0 Å². The van der Waals surface area contributed by atoms with Gasteiger partial charge in [-0.1, -0.05) is 164 Å². The Morgan fingerprint density at radius 2 is 0.935 bits per heavy atom. The molecule has 0 fully saturated rings. The molecule has 0 amide bonds. The Kier molecular flexibility index (Phi) is 7.60. The molecule has 290 valence electrons. The van der Waals surface area contributed by atoms with Crippen molar-refractivity contribution in [3.05, 3.63) is 217 Å². The average Bonchev–Trinajstić information content (AvgIpc) is 3.92. The number of aliphatic imine (C=N–C) groups is 2. The standard InChI is InChI=1S/C57H35N3O2/c1-2-15-36-31-37(28-27-34(36)13-1)55-58-56(60-57(59-55)47-23-12-26-51-53(47)45-20-7-9-24-49(45)61-51)44-30-29-43(41-18-5-6-19-42(41)44)48-32-38(40-22-11-16-35-14-3-4-17-39(35)40)33-52-54(48)46-21-8-10-25-50(46)62-52/h1-33,56H,(H,58,59,60). The van der Waals surface area contributed by atoms with Crippen molar-refractivity contribution >= 4 is 87.9 Å². The molecule has 0 bridgehead atoms. The van der Waals surface area contributed by atoms with Gasteiger partial charge in [0.25, 0.3) is 0 Å². The van der Waals surface area contributed by atoms with Gasteiger partial charge in [0, 0.05) is 38.2 Å². The number of benzene rings is 10. The number of nitrogens with zero attached hydrogens (tertiary/aromatic N) is 2. The average molecular weight is 794 g/mol. The lowest BCUT2D eigenvalue weighted by Gasteiger charge is -2.24. The number of rotatable bonds is 5. The highest BCUT2D eigenvalue weighted by molar-refractivity contribution is 6.24. The monoisotopic (exact) mass is 793 g/mol. The van der Waals surface area contributed by atoms with E-state index in [2.05, 4.69) is 175 Å². The van der Waals surface area contributed by atoms with Crippen LogP contribution in [0.2, 0.25) is 0 Å².